The third-order valence-electron chi connectivity index (χ3n) is 4.97. The van der Waals surface area contributed by atoms with Gasteiger partial charge >= 0.3 is 0 Å². The summed E-state index contributed by atoms with van der Waals surface area (Å²) >= 11 is 0. The average Bonchev–Trinajstić information content (AvgIpc) is 2.70. The zero-order chi connectivity index (χ0) is 20.2. The molecule has 0 aliphatic rings. The molecular formula is C24H36N2O2. The molecule has 4 heteroatoms. The molecule has 0 saturated heterocycles. The lowest BCUT2D eigenvalue weighted by atomic mass is 10.0. The topological polar surface area (TPSA) is 46.9 Å². The average molecular weight is 385 g/mol. The summed E-state index contributed by atoms with van der Waals surface area (Å²) in [7, 11) is 0. The van der Waals surface area contributed by atoms with Gasteiger partial charge in [0.05, 0.1) is 13.2 Å². The smallest absolute Gasteiger partial charge is 0.0558 e. The molecule has 4 nitrogen and oxygen atoms in total. The molecule has 0 atom stereocenters. The molecule has 2 rings (SSSR count). The monoisotopic (exact) mass is 384 g/mol. The van der Waals surface area contributed by atoms with Crippen LogP contribution in [0.5, 0.6) is 0 Å². The van der Waals surface area contributed by atoms with Crippen molar-refractivity contribution in [3.05, 3.63) is 59.7 Å². The Labute approximate surface area is 170 Å². The molecule has 0 radical (unpaired) electrons. The SMILES string of the molecule is CCCN(CCO)Cc1ccc(-c2ccc(CN(CCC)CCO)cc2)cc1. The van der Waals surface area contributed by atoms with Gasteiger partial charge in [-0.3, -0.25) is 9.80 Å². The van der Waals surface area contributed by atoms with E-state index in [0.717, 1.165) is 52.1 Å². The van der Waals surface area contributed by atoms with Crippen LogP contribution < -0.4 is 0 Å². The molecule has 2 aromatic rings. The molecule has 0 unspecified atom stereocenters. The number of hydrogen-bond acceptors (Lipinski definition) is 4. The molecule has 2 aromatic carbocycles. The van der Waals surface area contributed by atoms with Crippen molar-refractivity contribution in [1.82, 2.24) is 9.80 Å². The molecule has 0 saturated carbocycles. The Bertz CT molecular complexity index is 584. The maximum atomic E-state index is 9.21. The standard InChI is InChI=1S/C24H36N2O2/c1-3-13-25(15-17-27)19-21-5-9-23(10-6-21)24-11-7-22(8-12-24)20-26(14-4-2)16-18-28/h5-12,27-28H,3-4,13-20H2,1-2H3. The second kappa shape index (κ2) is 12.7. The Kier molecular flexibility index (Phi) is 10.2. The van der Waals surface area contributed by atoms with Gasteiger partial charge in [-0.2, -0.15) is 0 Å². The van der Waals surface area contributed by atoms with Gasteiger partial charge < -0.3 is 10.2 Å². The van der Waals surface area contributed by atoms with Crippen LogP contribution in [-0.4, -0.2) is 59.4 Å². The van der Waals surface area contributed by atoms with Gasteiger partial charge in [-0.1, -0.05) is 62.4 Å². The minimum Gasteiger partial charge on any atom is -0.395 e. The molecular weight excluding hydrogens is 348 g/mol. The molecule has 154 valence electrons. The van der Waals surface area contributed by atoms with Crippen molar-refractivity contribution < 1.29 is 10.2 Å². The highest BCUT2D eigenvalue weighted by Crippen LogP contribution is 2.21. The van der Waals surface area contributed by atoms with Gasteiger partial charge in [0.1, 0.15) is 0 Å². The van der Waals surface area contributed by atoms with Crippen LogP contribution in [0.4, 0.5) is 0 Å². The van der Waals surface area contributed by atoms with Gasteiger partial charge in [0, 0.05) is 26.2 Å². The van der Waals surface area contributed by atoms with Crippen LogP contribution in [-0.2, 0) is 13.1 Å². The first-order valence-electron chi connectivity index (χ1n) is 10.5. The van der Waals surface area contributed by atoms with Crippen molar-refractivity contribution in [2.45, 2.75) is 39.8 Å². The number of nitrogens with zero attached hydrogens (tertiary/aromatic N) is 2. The first-order chi connectivity index (χ1) is 13.7. The fourth-order valence-corrected chi connectivity index (χ4v) is 3.58. The Hall–Kier alpha value is -1.72. The molecule has 0 aliphatic heterocycles. The summed E-state index contributed by atoms with van der Waals surface area (Å²) in [6, 6.07) is 17.5. The summed E-state index contributed by atoms with van der Waals surface area (Å²) in [5.74, 6) is 0. The Balaban J connectivity index is 1.99. The van der Waals surface area contributed by atoms with Crippen molar-refractivity contribution >= 4 is 0 Å². The Morgan fingerprint density at radius 1 is 0.571 bits per heavy atom. The van der Waals surface area contributed by atoms with E-state index in [1.807, 2.05) is 0 Å². The highest BCUT2D eigenvalue weighted by molar-refractivity contribution is 5.63. The quantitative estimate of drug-likeness (QED) is 0.552. The molecule has 0 amide bonds. The van der Waals surface area contributed by atoms with Gasteiger partial charge in [-0.15, -0.1) is 0 Å². The zero-order valence-electron chi connectivity index (χ0n) is 17.5. The first kappa shape index (κ1) is 22.6. The minimum atomic E-state index is 0.207. The van der Waals surface area contributed by atoms with Gasteiger partial charge in [-0.05, 0) is 48.2 Å². The fraction of sp³-hybridized carbons (Fsp3) is 0.500. The molecule has 0 spiro atoms. The summed E-state index contributed by atoms with van der Waals surface area (Å²) in [5.41, 5.74) is 5.00. The van der Waals surface area contributed by atoms with Crippen molar-refractivity contribution in [3.63, 3.8) is 0 Å². The van der Waals surface area contributed by atoms with Crippen molar-refractivity contribution in [2.24, 2.45) is 0 Å². The molecule has 0 heterocycles. The number of hydrogen-bond donors (Lipinski definition) is 2. The summed E-state index contributed by atoms with van der Waals surface area (Å²) < 4.78 is 0. The van der Waals surface area contributed by atoms with E-state index in [0.29, 0.717) is 0 Å². The lowest BCUT2D eigenvalue weighted by Crippen LogP contribution is -2.27. The van der Waals surface area contributed by atoms with Crippen molar-refractivity contribution in [3.8, 4) is 11.1 Å². The van der Waals surface area contributed by atoms with E-state index in [-0.39, 0.29) is 13.2 Å². The first-order valence-corrected chi connectivity index (χ1v) is 10.5. The number of rotatable bonds is 13. The van der Waals surface area contributed by atoms with E-state index in [2.05, 4.69) is 72.2 Å². The molecule has 0 aliphatic carbocycles. The van der Waals surface area contributed by atoms with E-state index in [1.54, 1.807) is 0 Å². The Morgan fingerprint density at radius 2 is 0.929 bits per heavy atom. The third kappa shape index (κ3) is 7.36. The molecule has 2 N–H and O–H groups in total. The number of aliphatic hydroxyl groups excluding tert-OH is 2. The number of aliphatic hydroxyl groups is 2. The largest absolute Gasteiger partial charge is 0.395 e. The second-order valence-electron chi connectivity index (χ2n) is 7.39. The zero-order valence-corrected chi connectivity index (χ0v) is 17.5. The van der Waals surface area contributed by atoms with Crippen LogP contribution in [0.1, 0.15) is 37.8 Å². The van der Waals surface area contributed by atoms with Crippen molar-refractivity contribution in [2.75, 3.05) is 39.4 Å². The summed E-state index contributed by atoms with van der Waals surface area (Å²) in [6.07, 6.45) is 2.19. The maximum Gasteiger partial charge on any atom is 0.0558 e. The molecule has 0 aromatic heterocycles. The highest BCUT2D eigenvalue weighted by atomic mass is 16.3. The van der Waals surface area contributed by atoms with Gasteiger partial charge in [-0.25, -0.2) is 0 Å². The minimum absolute atomic E-state index is 0.207. The number of benzene rings is 2. The van der Waals surface area contributed by atoms with Crippen LogP contribution >= 0.6 is 0 Å². The van der Waals surface area contributed by atoms with Crippen molar-refractivity contribution in [1.29, 1.82) is 0 Å². The molecule has 0 bridgehead atoms. The van der Waals surface area contributed by atoms with E-state index >= 15 is 0 Å². The summed E-state index contributed by atoms with van der Waals surface area (Å²) in [4.78, 5) is 4.58. The maximum absolute atomic E-state index is 9.21. The van der Waals surface area contributed by atoms with E-state index in [1.165, 1.54) is 22.3 Å². The van der Waals surface area contributed by atoms with Crippen LogP contribution in [0.3, 0.4) is 0 Å². The summed E-state index contributed by atoms with van der Waals surface area (Å²) in [6.45, 7) is 9.98. The van der Waals surface area contributed by atoms with E-state index < -0.39 is 0 Å². The Morgan fingerprint density at radius 3 is 1.21 bits per heavy atom. The lowest BCUT2D eigenvalue weighted by Gasteiger charge is -2.21. The van der Waals surface area contributed by atoms with Gasteiger partial charge in [0.25, 0.3) is 0 Å². The van der Waals surface area contributed by atoms with E-state index in [9.17, 15) is 10.2 Å². The van der Waals surface area contributed by atoms with Crippen LogP contribution in [0.2, 0.25) is 0 Å². The van der Waals surface area contributed by atoms with E-state index in [4.69, 9.17) is 0 Å². The normalized spacial score (nSPS) is 11.5. The fourth-order valence-electron chi connectivity index (χ4n) is 3.58. The van der Waals surface area contributed by atoms with Gasteiger partial charge in [0.2, 0.25) is 0 Å². The molecule has 28 heavy (non-hydrogen) atoms. The van der Waals surface area contributed by atoms with Crippen LogP contribution in [0.25, 0.3) is 11.1 Å². The highest BCUT2D eigenvalue weighted by Gasteiger charge is 2.07. The lowest BCUT2D eigenvalue weighted by molar-refractivity contribution is 0.190. The molecule has 0 fully saturated rings. The van der Waals surface area contributed by atoms with Gasteiger partial charge in [0.15, 0.2) is 0 Å². The van der Waals surface area contributed by atoms with Crippen LogP contribution in [0.15, 0.2) is 48.5 Å². The predicted molar refractivity (Wildman–Crippen MR) is 117 cm³/mol. The summed E-state index contributed by atoms with van der Waals surface area (Å²) in [5, 5.41) is 18.4. The predicted octanol–water partition coefficient (Wildman–Crippen LogP) is 3.76. The van der Waals surface area contributed by atoms with Crippen LogP contribution in [0, 0.1) is 0 Å². The second-order valence-corrected chi connectivity index (χ2v) is 7.39. The third-order valence-corrected chi connectivity index (χ3v) is 4.97.